The number of aryl methyl sites for hydroxylation is 1. The molecule has 6 rings (SSSR count). The SMILES string of the molecule is COc1cc2c(cc1Nc1ncnc3sc4c(c13)CC[C@H](C(=O)N1CCSCC1)C4)C=NC2. The van der Waals surface area contributed by atoms with Gasteiger partial charge in [-0.05, 0) is 48.1 Å². The van der Waals surface area contributed by atoms with E-state index in [1.807, 2.05) is 24.0 Å². The van der Waals surface area contributed by atoms with Crippen LogP contribution in [0.2, 0.25) is 0 Å². The third-order valence-electron chi connectivity index (χ3n) is 6.72. The van der Waals surface area contributed by atoms with Gasteiger partial charge in [-0.1, -0.05) is 0 Å². The highest BCUT2D eigenvalue weighted by atomic mass is 32.2. The Balaban J connectivity index is 1.31. The number of carbonyl (C=O) groups is 1. The van der Waals surface area contributed by atoms with Gasteiger partial charge < -0.3 is 15.0 Å². The van der Waals surface area contributed by atoms with Gasteiger partial charge in [-0.3, -0.25) is 9.79 Å². The van der Waals surface area contributed by atoms with Gasteiger partial charge in [0.1, 0.15) is 22.7 Å². The number of thioether (sulfide) groups is 1. The Kier molecular flexibility index (Phi) is 5.46. The van der Waals surface area contributed by atoms with Gasteiger partial charge in [-0.2, -0.15) is 11.8 Å². The number of amides is 1. The van der Waals surface area contributed by atoms with E-state index in [0.717, 1.165) is 76.9 Å². The lowest BCUT2D eigenvalue weighted by molar-refractivity contribution is -0.135. The number of anilines is 2. The van der Waals surface area contributed by atoms with Crippen molar-refractivity contribution >= 4 is 56.9 Å². The number of aromatic nitrogens is 2. The molecule has 1 fully saturated rings. The maximum Gasteiger partial charge on any atom is 0.226 e. The van der Waals surface area contributed by atoms with Crippen LogP contribution in [0.3, 0.4) is 0 Å². The molecule has 1 aromatic carbocycles. The fourth-order valence-corrected chi connectivity index (χ4v) is 7.16. The van der Waals surface area contributed by atoms with Crippen LogP contribution in [0.15, 0.2) is 23.5 Å². The van der Waals surface area contributed by atoms with Gasteiger partial charge in [0.05, 0.1) is 24.7 Å². The number of ether oxygens (including phenoxy) is 1. The number of nitrogens with zero attached hydrogens (tertiary/aromatic N) is 4. The first-order chi connectivity index (χ1) is 16.2. The van der Waals surface area contributed by atoms with Crippen LogP contribution >= 0.6 is 23.1 Å². The van der Waals surface area contributed by atoms with Crippen LogP contribution in [-0.2, 0) is 24.2 Å². The first kappa shape index (κ1) is 20.9. The third-order valence-corrected chi connectivity index (χ3v) is 8.83. The van der Waals surface area contributed by atoms with Crippen molar-refractivity contribution in [3.05, 3.63) is 40.0 Å². The molecule has 9 heteroatoms. The predicted octanol–water partition coefficient (Wildman–Crippen LogP) is 4.06. The molecule has 33 heavy (non-hydrogen) atoms. The lowest BCUT2D eigenvalue weighted by Crippen LogP contribution is -2.42. The Hall–Kier alpha value is -2.65. The van der Waals surface area contributed by atoms with Crippen molar-refractivity contribution in [3.8, 4) is 5.75 Å². The molecule has 170 valence electrons. The summed E-state index contributed by atoms with van der Waals surface area (Å²) in [5.41, 5.74) is 4.43. The zero-order valence-electron chi connectivity index (χ0n) is 18.5. The van der Waals surface area contributed by atoms with E-state index in [-0.39, 0.29) is 5.92 Å². The monoisotopic (exact) mass is 479 g/mol. The van der Waals surface area contributed by atoms with Crippen LogP contribution < -0.4 is 10.1 Å². The normalized spacial score (nSPS) is 19.4. The standard InChI is InChI=1S/C24H25N5O2S2/c1-31-19-9-16-12-25-11-15(16)8-18(19)28-22-21-17-3-2-14(24(30)29-4-6-32-7-5-29)10-20(17)33-23(21)27-13-26-22/h8-9,11,13-14H,2-7,10,12H2,1H3,(H,26,27,28)/t14-/m0/s1. The van der Waals surface area contributed by atoms with Gasteiger partial charge in [-0.15, -0.1) is 11.3 Å². The Morgan fingerprint density at radius 2 is 2.12 bits per heavy atom. The average molecular weight is 480 g/mol. The molecule has 2 aliphatic heterocycles. The van der Waals surface area contributed by atoms with Crippen molar-refractivity contribution in [2.75, 3.05) is 37.0 Å². The number of carbonyl (C=O) groups excluding carboxylic acids is 1. The minimum Gasteiger partial charge on any atom is -0.495 e. The molecule has 0 bridgehead atoms. The molecule has 2 aromatic heterocycles. The quantitative estimate of drug-likeness (QED) is 0.608. The van der Waals surface area contributed by atoms with Crippen LogP contribution in [0.5, 0.6) is 5.75 Å². The van der Waals surface area contributed by atoms with E-state index >= 15 is 0 Å². The lowest BCUT2D eigenvalue weighted by Gasteiger charge is -2.31. The fourth-order valence-electron chi connectivity index (χ4n) is 4.99. The Morgan fingerprint density at radius 1 is 1.24 bits per heavy atom. The van der Waals surface area contributed by atoms with Gasteiger partial charge in [-0.25, -0.2) is 9.97 Å². The summed E-state index contributed by atoms with van der Waals surface area (Å²) >= 11 is 3.64. The lowest BCUT2D eigenvalue weighted by atomic mass is 9.87. The molecule has 4 heterocycles. The topological polar surface area (TPSA) is 79.7 Å². The molecule has 1 aliphatic carbocycles. The second-order valence-electron chi connectivity index (χ2n) is 8.63. The second kappa shape index (κ2) is 8.61. The van der Waals surface area contributed by atoms with Crippen molar-refractivity contribution in [1.82, 2.24) is 14.9 Å². The number of hydrogen-bond donors (Lipinski definition) is 1. The van der Waals surface area contributed by atoms with E-state index in [9.17, 15) is 4.79 Å². The van der Waals surface area contributed by atoms with E-state index in [1.54, 1.807) is 24.8 Å². The molecule has 1 N–H and O–H groups in total. The van der Waals surface area contributed by atoms with E-state index < -0.39 is 0 Å². The van der Waals surface area contributed by atoms with Crippen molar-refractivity contribution in [3.63, 3.8) is 0 Å². The number of rotatable bonds is 4. The van der Waals surface area contributed by atoms with E-state index in [0.29, 0.717) is 12.5 Å². The highest BCUT2D eigenvalue weighted by molar-refractivity contribution is 7.99. The van der Waals surface area contributed by atoms with Gasteiger partial charge >= 0.3 is 0 Å². The number of hydrogen-bond acceptors (Lipinski definition) is 8. The van der Waals surface area contributed by atoms with Crippen LogP contribution in [0.4, 0.5) is 11.5 Å². The van der Waals surface area contributed by atoms with E-state index in [4.69, 9.17) is 4.74 Å². The maximum absolute atomic E-state index is 13.1. The summed E-state index contributed by atoms with van der Waals surface area (Å²) in [5, 5.41) is 4.59. The molecule has 0 unspecified atom stereocenters. The smallest absolute Gasteiger partial charge is 0.226 e. The molecule has 1 saturated heterocycles. The van der Waals surface area contributed by atoms with Crippen LogP contribution in [0, 0.1) is 5.92 Å². The zero-order chi connectivity index (χ0) is 22.4. The van der Waals surface area contributed by atoms with Crippen molar-refractivity contribution < 1.29 is 9.53 Å². The molecular formula is C24H25N5O2S2. The maximum atomic E-state index is 13.1. The van der Waals surface area contributed by atoms with Crippen LogP contribution in [0.25, 0.3) is 10.2 Å². The summed E-state index contributed by atoms with van der Waals surface area (Å²) in [5.74, 6) is 4.08. The summed E-state index contributed by atoms with van der Waals surface area (Å²) in [4.78, 5) is 30.9. The second-order valence-corrected chi connectivity index (χ2v) is 10.9. The first-order valence-corrected chi connectivity index (χ1v) is 13.3. The molecule has 0 radical (unpaired) electrons. The number of aliphatic imine (C=N–C) groups is 1. The van der Waals surface area contributed by atoms with Gasteiger partial charge in [0.15, 0.2) is 0 Å². The third kappa shape index (κ3) is 3.77. The van der Waals surface area contributed by atoms with Crippen molar-refractivity contribution in [1.29, 1.82) is 0 Å². The van der Waals surface area contributed by atoms with Gasteiger partial charge in [0.2, 0.25) is 5.91 Å². The summed E-state index contributed by atoms with van der Waals surface area (Å²) in [7, 11) is 1.68. The van der Waals surface area contributed by atoms with E-state index in [2.05, 4.69) is 31.2 Å². The Morgan fingerprint density at radius 3 is 2.97 bits per heavy atom. The summed E-state index contributed by atoms with van der Waals surface area (Å²) in [6.07, 6.45) is 6.08. The molecule has 3 aromatic rings. The molecular weight excluding hydrogens is 454 g/mol. The number of fused-ring (bicyclic) bond motifs is 4. The van der Waals surface area contributed by atoms with Gasteiger partial charge in [0, 0.05) is 41.6 Å². The number of methoxy groups -OCH3 is 1. The zero-order valence-corrected chi connectivity index (χ0v) is 20.1. The first-order valence-electron chi connectivity index (χ1n) is 11.3. The number of thiophene rings is 1. The van der Waals surface area contributed by atoms with Crippen molar-refractivity contribution in [2.24, 2.45) is 10.9 Å². The Bertz CT molecular complexity index is 1270. The molecule has 7 nitrogen and oxygen atoms in total. The number of nitrogens with one attached hydrogen (secondary N) is 1. The minimum absolute atomic E-state index is 0.0779. The summed E-state index contributed by atoms with van der Waals surface area (Å²) in [6, 6.07) is 4.12. The van der Waals surface area contributed by atoms with Gasteiger partial charge in [0.25, 0.3) is 0 Å². The number of benzene rings is 1. The Labute approximate surface area is 200 Å². The highest BCUT2D eigenvalue weighted by Crippen LogP contribution is 2.42. The van der Waals surface area contributed by atoms with E-state index in [1.165, 1.54) is 16.0 Å². The molecule has 0 spiro atoms. The molecule has 1 amide bonds. The highest BCUT2D eigenvalue weighted by Gasteiger charge is 2.32. The van der Waals surface area contributed by atoms with Crippen LogP contribution in [0.1, 0.15) is 28.0 Å². The van der Waals surface area contributed by atoms with Crippen molar-refractivity contribution in [2.45, 2.75) is 25.8 Å². The summed E-state index contributed by atoms with van der Waals surface area (Å²) < 4.78 is 5.64. The largest absolute Gasteiger partial charge is 0.495 e. The molecule has 0 saturated carbocycles. The summed E-state index contributed by atoms with van der Waals surface area (Å²) in [6.45, 7) is 2.45. The average Bonchev–Trinajstić information content (AvgIpc) is 3.47. The molecule has 3 aliphatic rings. The minimum atomic E-state index is 0.0779. The fraction of sp³-hybridized carbons (Fsp3) is 0.417. The predicted molar refractivity (Wildman–Crippen MR) is 134 cm³/mol. The molecule has 1 atom stereocenters. The van der Waals surface area contributed by atoms with Crippen LogP contribution in [-0.4, -0.2) is 58.7 Å².